The van der Waals surface area contributed by atoms with Gasteiger partial charge in [0.2, 0.25) is 5.91 Å². The Bertz CT molecular complexity index is 738. The van der Waals surface area contributed by atoms with Crippen molar-refractivity contribution in [2.24, 2.45) is 0 Å². The summed E-state index contributed by atoms with van der Waals surface area (Å²) in [7, 11) is 1.58. The number of carbonyl (C=O) groups excluding carboxylic acids is 2. The van der Waals surface area contributed by atoms with Crippen molar-refractivity contribution in [1.82, 2.24) is 10.6 Å². The molecule has 1 aliphatic carbocycles. The number of ether oxygens (including phenoxy) is 3. The topological polar surface area (TPSA) is 118 Å². The molecule has 1 aromatic rings. The van der Waals surface area contributed by atoms with E-state index in [9.17, 15) is 14.7 Å². The van der Waals surface area contributed by atoms with Crippen LogP contribution in [0, 0.1) is 0 Å². The maximum atomic E-state index is 12.1. The average molecular weight is 405 g/mol. The zero-order chi connectivity index (χ0) is 20.4. The molecular formula is C20H27N3O6. The van der Waals surface area contributed by atoms with Gasteiger partial charge in [-0.1, -0.05) is 0 Å². The quantitative estimate of drug-likeness (QED) is 0.532. The molecule has 3 amide bonds. The number of hydrogen-bond donors (Lipinski definition) is 4. The van der Waals surface area contributed by atoms with Crippen LogP contribution in [0.2, 0.25) is 0 Å². The maximum Gasteiger partial charge on any atom is 0.319 e. The first-order valence-electron chi connectivity index (χ1n) is 9.99. The van der Waals surface area contributed by atoms with E-state index < -0.39 is 24.3 Å². The molecule has 0 spiro atoms. The summed E-state index contributed by atoms with van der Waals surface area (Å²) in [6.07, 6.45) is 0.568. The Morgan fingerprint density at radius 3 is 2.62 bits per heavy atom. The smallest absolute Gasteiger partial charge is 0.319 e. The second-order valence-electron chi connectivity index (χ2n) is 7.77. The van der Waals surface area contributed by atoms with Crippen molar-refractivity contribution in [3.63, 3.8) is 0 Å². The summed E-state index contributed by atoms with van der Waals surface area (Å²) >= 11 is 0. The van der Waals surface area contributed by atoms with Crippen molar-refractivity contribution in [2.75, 3.05) is 19.0 Å². The minimum Gasteiger partial charge on any atom is -0.497 e. The van der Waals surface area contributed by atoms with Gasteiger partial charge in [0.25, 0.3) is 0 Å². The fourth-order valence-corrected chi connectivity index (χ4v) is 3.77. The van der Waals surface area contributed by atoms with Crippen molar-refractivity contribution >= 4 is 17.6 Å². The SMILES string of the molecule is COc1ccc(NC(=O)NC[C@H]2O[C@@H]3C[C@H](CC(=O)NC4CC4)O[C@@H]3[C@@H]2O)cc1. The molecule has 3 aliphatic rings. The van der Waals surface area contributed by atoms with E-state index in [1.54, 1.807) is 31.4 Å². The van der Waals surface area contributed by atoms with E-state index in [2.05, 4.69) is 16.0 Å². The molecule has 2 aliphatic heterocycles. The molecule has 4 N–H and O–H groups in total. The fourth-order valence-electron chi connectivity index (χ4n) is 3.77. The van der Waals surface area contributed by atoms with Crippen LogP contribution in [-0.4, -0.2) is 67.3 Å². The van der Waals surface area contributed by atoms with Gasteiger partial charge in [0.15, 0.2) is 0 Å². The van der Waals surface area contributed by atoms with E-state index in [1.807, 2.05) is 0 Å². The molecule has 4 rings (SSSR count). The zero-order valence-corrected chi connectivity index (χ0v) is 16.3. The van der Waals surface area contributed by atoms with E-state index >= 15 is 0 Å². The first kappa shape index (κ1) is 19.9. The molecule has 158 valence electrons. The Hall–Kier alpha value is -2.36. The van der Waals surface area contributed by atoms with Crippen LogP contribution in [0.1, 0.15) is 25.7 Å². The number of methoxy groups -OCH3 is 1. The lowest BCUT2D eigenvalue weighted by Crippen LogP contribution is -2.42. The number of aliphatic hydroxyl groups is 1. The standard InChI is InChI=1S/C20H27N3O6/c1-27-13-6-4-12(5-7-13)23-20(26)21-10-16-18(25)19-15(29-16)8-14(28-19)9-17(24)22-11-2-3-11/h4-7,11,14-16,18-19,25H,2-3,8-10H2,1H3,(H,22,24)(H2,21,23,26)/t14-,15-,16-,18-,19+/m1/s1. The third-order valence-electron chi connectivity index (χ3n) is 5.45. The van der Waals surface area contributed by atoms with E-state index in [0.29, 0.717) is 23.9 Å². The van der Waals surface area contributed by atoms with Gasteiger partial charge in [-0.15, -0.1) is 0 Å². The van der Waals surface area contributed by atoms with Crippen LogP contribution in [0.3, 0.4) is 0 Å². The number of rotatable bonds is 7. The van der Waals surface area contributed by atoms with Gasteiger partial charge in [0, 0.05) is 24.7 Å². The van der Waals surface area contributed by atoms with Crippen molar-refractivity contribution in [3.8, 4) is 5.75 Å². The Kier molecular flexibility index (Phi) is 5.89. The van der Waals surface area contributed by atoms with Crippen LogP contribution in [0.15, 0.2) is 24.3 Å². The molecule has 1 aromatic carbocycles. The summed E-state index contributed by atoms with van der Waals surface area (Å²) in [5.41, 5.74) is 0.628. The highest BCUT2D eigenvalue weighted by atomic mass is 16.6. The Morgan fingerprint density at radius 1 is 1.21 bits per heavy atom. The van der Waals surface area contributed by atoms with Gasteiger partial charge in [-0.2, -0.15) is 0 Å². The van der Waals surface area contributed by atoms with Crippen molar-refractivity contribution in [3.05, 3.63) is 24.3 Å². The molecule has 2 heterocycles. The number of carbonyl (C=O) groups is 2. The summed E-state index contributed by atoms with van der Waals surface area (Å²) in [5.74, 6) is 0.689. The molecule has 5 atom stereocenters. The van der Waals surface area contributed by atoms with Crippen LogP contribution in [-0.2, 0) is 14.3 Å². The van der Waals surface area contributed by atoms with Crippen LogP contribution in [0.25, 0.3) is 0 Å². The highest BCUT2D eigenvalue weighted by molar-refractivity contribution is 5.89. The van der Waals surface area contributed by atoms with Crippen molar-refractivity contribution in [1.29, 1.82) is 0 Å². The number of urea groups is 1. The van der Waals surface area contributed by atoms with Gasteiger partial charge >= 0.3 is 6.03 Å². The molecule has 3 fully saturated rings. The van der Waals surface area contributed by atoms with Crippen molar-refractivity contribution < 1.29 is 28.9 Å². The van der Waals surface area contributed by atoms with Crippen LogP contribution in [0.4, 0.5) is 10.5 Å². The Morgan fingerprint density at radius 2 is 1.97 bits per heavy atom. The first-order valence-corrected chi connectivity index (χ1v) is 9.99. The number of fused-ring (bicyclic) bond motifs is 1. The summed E-state index contributed by atoms with van der Waals surface area (Å²) in [6.45, 7) is 0.159. The van der Waals surface area contributed by atoms with Gasteiger partial charge in [-0.05, 0) is 37.1 Å². The summed E-state index contributed by atoms with van der Waals surface area (Å²) in [5, 5.41) is 18.9. The first-order chi connectivity index (χ1) is 14.0. The molecule has 9 heteroatoms. The minimum absolute atomic E-state index is 0.0135. The fraction of sp³-hybridized carbons (Fsp3) is 0.600. The highest BCUT2D eigenvalue weighted by Crippen LogP contribution is 2.35. The summed E-state index contributed by atoms with van der Waals surface area (Å²) < 4.78 is 16.8. The lowest BCUT2D eigenvalue weighted by atomic mass is 10.1. The molecule has 0 unspecified atom stereocenters. The van der Waals surface area contributed by atoms with Crippen LogP contribution in [0.5, 0.6) is 5.75 Å². The number of amides is 3. The lowest BCUT2D eigenvalue weighted by molar-refractivity contribution is -0.124. The molecule has 2 saturated heterocycles. The van der Waals surface area contributed by atoms with Gasteiger partial charge < -0.3 is 35.3 Å². The molecule has 29 heavy (non-hydrogen) atoms. The third-order valence-corrected chi connectivity index (χ3v) is 5.45. The molecule has 0 bridgehead atoms. The zero-order valence-electron chi connectivity index (χ0n) is 16.3. The predicted octanol–water partition coefficient (Wildman–Crippen LogP) is 0.771. The van der Waals surface area contributed by atoms with E-state index in [4.69, 9.17) is 14.2 Å². The number of aliphatic hydroxyl groups excluding tert-OH is 1. The minimum atomic E-state index is -0.849. The summed E-state index contributed by atoms with van der Waals surface area (Å²) in [4.78, 5) is 24.0. The third kappa shape index (κ3) is 4.98. The largest absolute Gasteiger partial charge is 0.497 e. The van der Waals surface area contributed by atoms with E-state index in [1.165, 1.54) is 0 Å². The normalized spacial score (nSPS) is 30.5. The Balaban J connectivity index is 1.19. The van der Waals surface area contributed by atoms with E-state index in [-0.39, 0.29) is 31.1 Å². The van der Waals surface area contributed by atoms with E-state index in [0.717, 1.165) is 12.8 Å². The van der Waals surface area contributed by atoms with Crippen LogP contribution >= 0.6 is 0 Å². The maximum absolute atomic E-state index is 12.1. The highest BCUT2D eigenvalue weighted by Gasteiger charge is 2.50. The average Bonchev–Trinajstić information content (AvgIpc) is 3.35. The molecule has 9 nitrogen and oxygen atoms in total. The lowest BCUT2D eigenvalue weighted by Gasteiger charge is -2.20. The summed E-state index contributed by atoms with van der Waals surface area (Å²) in [6, 6.07) is 6.90. The molecule has 0 aromatic heterocycles. The van der Waals surface area contributed by atoms with Gasteiger partial charge in [-0.3, -0.25) is 4.79 Å². The number of benzene rings is 1. The molecule has 0 radical (unpaired) electrons. The second-order valence-corrected chi connectivity index (χ2v) is 7.77. The number of nitrogens with one attached hydrogen (secondary N) is 3. The number of hydrogen-bond acceptors (Lipinski definition) is 6. The predicted molar refractivity (Wildman–Crippen MR) is 104 cm³/mol. The number of anilines is 1. The monoisotopic (exact) mass is 405 g/mol. The van der Waals surface area contributed by atoms with Crippen LogP contribution < -0.4 is 20.7 Å². The molecular weight excluding hydrogens is 378 g/mol. The second kappa shape index (κ2) is 8.56. The Labute approximate surface area is 169 Å². The van der Waals surface area contributed by atoms with Gasteiger partial charge in [0.1, 0.15) is 24.1 Å². The van der Waals surface area contributed by atoms with Gasteiger partial charge in [-0.25, -0.2) is 4.79 Å². The van der Waals surface area contributed by atoms with Crippen molar-refractivity contribution in [2.45, 2.75) is 62.2 Å². The molecule has 1 saturated carbocycles. The van der Waals surface area contributed by atoms with Gasteiger partial charge in [0.05, 0.1) is 25.7 Å².